The molecule has 1 fully saturated rings. The number of fused-ring (bicyclic) bond motifs is 3. The van der Waals surface area contributed by atoms with Crippen molar-refractivity contribution in [1.82, 2.24) is 0 Å². The average molecular weight is 539 g/mol. The van der Waals surface area contributed by atoms with Gasteiger partial charge in [0.15, 0.2) is 23.1 Å². The number of aromatic hydroxyl groups is 1. The Hall–Kier alpha value is -4.28. The number of benzene rings is 2. The van der Waals surface area contributed by atoms with Gasteiger partial charge >= 0.3 is 7.12 Å². The van der Waals surface area contributed by atoms with Gasteiger partial charge in [-0.15, -0.1) is 0 Å². The van der Waals surface area contributed by atoms with E-state index >= 15 is 0 Å². The minimum atomic E-state index is -1.77. The number of rotatable bonds is 4. The maximum atomic E-state index is 14.0. The highest BCUT2D eigenvalue weighted by Crippen LogP contribution is 2.56. The number of carbonyl (C=O) groups excluding carboxylic acids is 4. The third kappa shape index (κ3) is 3.71. The summed E-state index contributed by atoms with van der Waals surface area (Å²) in [7, 11) is -0.351. The first-order valence-electron chi connectivity index (χ1n) is 13.0. The van der Waals surface area contributed by atoms with Crippen LogP contribution in [-0.2, 0) is 19.2 Å². The zero-order valence-electron chi connectivity index (χ0n) is 21.8. The Kier molecular flexibility index (Phi) is 6.12. The summed E-state index contributed by atoms with van der Waals surface area (Å²) in [5.41, 5.74) is 2.33. The number of hydrogen-bond acceptors (Lipinski definition) is 8. The molecule has 0 radical (unpaired) electrons. The van der Waals surface area contributed by atoms with Gasteiger partial charge in [-0.25, -0.2) is 0 Å². The lowest BCUT2D eigenvalue weighted by Gasteiger charge is -2.42. The number of phenols is 1. The summed E-state index contributed by atoms with van der Waals surface area (Å²) in [5, 5.41) is 30.3. The van der Waals surface area contributed by atoms with E-state index in [2.05, 4.69) is 0 Å². The van der Waals surface area contributed by atoms with Crippen molar-refractivity contribution in [2.75, 3.05) is 12.0 Å². The standard InChI is InChI=1S/C30H26BNO8/c1-14-11-22(33)26-21(27(14)34)13-20-17(24(26)18-7-4-8-23(40-2)28(18)35)9-10-19-25(20)30(37)32(29(19)36)16-6-3-5-15(12-16)31(38)39/h3-9,11-12,19-20,24-25,35,38-39H,10,13H2,1-2H3. The highest BCUT2D eigenvalue weighted by atomic mass is 16.5. The van der Waals surface area contributed by atoms with E-state index in [0.29, 0.717) is 22.3 Å². The molecule has 6 rings (SSSR count). The fourth-order valence-corrected chi connectivity index (χ4v) is 6.75. The molecule has 0 spiro atoms. The van der Waals surface area contributed by atoms with Crippen LogP contribution in [0.1, 0.15) is 31.2 Å². The number of imide groups is 1. The lowest BCUT2D eigenvalue weighted by Crippen LogP contribution is -2.40. The number of ether oxygens (including phenoxy) is 1. The normalized spacial score (nSPS) is 25.8. The fourth-order valence-electron chi connectivity index (χ4n) is 6.75. The van der Waals surface area contributed by atoms with Crippen molar-refractivity contribution < 1.29 is 39.1 Å². The first-order chi connectivity index (χ1) is 19.1. The topological polar surface area (TPSA) is 141 Å². The molecule has 4 atom stereocenters. The van der Waals surface area contributed by atoms with E-state index in [0.717, 1.165) is 4.90 Å². The molecule has 1 aliphatic heterocycles. The largest absolute Gasteiger partial charge is 0.504 e. The van der Waals surface area contributed by atoms with Crippen LogP contribution in [0.4, 0.5) is 5.69 Å². The number of phenolic OH excluding ortho intramolecular Hbond substituents is 1. The van der Waals surface area contributed by atoms with E-state index in [1.54, 1.807) is 31.2 Å². The third-order valence-electron chi connectivity index (χ3n) is 8.55. The van der Waals surface area contributed by atoms with Gasteiger partial charge in [0.05, 0.1) is 24.6 Å². The van der Waals surface area contributed by atoms with Crippen molar-refractivity contribution in [3.05, 3.63) is 82.5 Å². The van der Waals surface area contributed by atoms with Crippen LogP contribution in [0.25, 0.3) is 0 Å². The molecule has 2 amide bonds. The predicted octanol–water partition coefficient (Wildman–Crippen LogP) is 1.71. The van der Waals surface area contributed by atoms with Crippen LogP contribution in [0, 0.1) is 17.8 Å². The summed E-state index contributed by atoms with van der Waals surface area (Å²) in [6.07, 6.45) is 3.53. The summed E-state index contributed by atoms with van der Waals surface area (Å²) in [4.78, 5) is 55.4. The Labute approximate surface area is 230 Å². The van der Waals surface area contributed by atoms with Crippen LogP contribution in [0.2, 0.25) is 0 Å². The van der Waals surface area contributed by atoms with Crippen molar-refractivity contribution >= 4 is 41.6 Å². The molecule has 10 heteroatoms. The van der Waals surface area contributed by atoms with Crippen LogP contribution in [0.5, 0.6) is 11.5 Å². The maximum Gasteiger partial charge on any atom is 0.488 e. The summed E-state index contributed by atoms with van der Waals surface area (Å²) in [6, 6.07) is 10.9. The van der Waals surface area contributed by atoms with Crippen LogP contribution >= 0.6 is 0 Å². The van der Waals surface area contributed by atoms with Gasteiger partial charge in [0.2, 0.25) is 11.8 Å². The number of amides is 2. The van der Waals surface area contributed by atoms with Crippen molar-refractivity contribution in [2.24, 2.45) is 17.8 Å². The Morgan fingerprint density at radius 3 is 2.48 bits per heavy atom. The second-order valence-electron chi connectivity index (χ2n) is 10.6. The number of carbonyl (C=O) groups is 4. The predicted molar refractivity (Wildman–Crippen MR) is 145 cm³/mol. The van der Waals surface area contributed by atoms with Crippen molar-refractivity contribution in [1.29, 1.82) is 0 Å². The molecule has 0 saturated carbocycles. The molecule has 0 bridgehead atoms. The van der Waals surface area contributed by atoms with Crippen LogP contribution in [-0.4, -0.2) is 52.8 Å². The molecule has 1 saturated heterocycles. The lowest BCUT2D eigenvalue weighted by atomic mass is 9.59. The highest BCUT2D eigenvalue weighted by Gasteiger charge is 2.57. The zero-order chi connectivity index (χ0) is 28.5. The number of hydrogen-bond donors (Lipinski definition) is 3. The smallest absolute Gasteiger partial charge is 0.488 e. The highest BCUT2D eigenvalue weighted by molar-refractivity contribution is 6.58. The number of anilines is 1. The number of para-hydroxylation sites is 1. The van der Waals surface area contributed by atoms with Crippen LogP contribution < -0.4 is 15.1 Å². The first-order valence-corrected chi connectivity index (χ1v) is 13.0. The van der Waals surface area contributed by atoms with Crippen LogP contribution in [0.15, 0.2) is 76.9 Å². The molecule has 4 aliphatic rings. The van der Waals surface area contributed by atoms with Crippen molar-refractivity contribution in [3.63, 3.8) is 0 Å². The minimum Gasteiger partial charge on any atom is -0.504 e. The average Bonchev–Trinajstić information content (AvgIpc) is 3.20. The molecule has 2 aromatic carbocycles. The van der Waals surface area contributed by atoms with Crippen molar-refractivity contribution in [2.45, 2.75) is 25.7 Å². The number of nitrogens with zero attached hydrogens (tertiary/aromatic N) is 1. The molecule has 202 valence electrons. The van der Waals surface area contributed by atoms with Gasteiger partial charge in [-0.3, -0.25) is 24.1 Å². The fraction of sp³-hybridized carbons (Fsp3) is 0.267. The molecule has 40 heavy (non-hydrogen) atoms. The number of ketones is 2. The molecule has 0 aromatic heterocycles. The van der Waals surface area contributed by atoms with Gasteiger partial charge in [0.25, 0.3) is 0 Å². The van der Waals surface area contributed by atoms with Crippen molar-refractivity contribution in [3.8, 4) is 11.5 Å². The summed E-state index contributed by atoms with van der Waals surface area (Å²) in [6.45, 7) is 1.58. The first kappa shape index (κ1) is 26.0. The molecule has 3 aliphatic carbocycles. The number of allylic oxidation sites excluding steroid dienone is 6. The van der Waals surface area contributed by atoms with E-state index < -0.39 is 42.6 Å². The Morgan fingerprint density at radius 1 is 1.00 bits per heavy atom. The SMILES string of the molecule is COc1cccc(C2C3=CCC4C(=O)N(c5cccc(B(O)O)c5)C(=O)C4C3CC3=C2C(=O)C=C(C)C3=O)c1O. The van der Waals surface area contributed by atoms with E-state index in [9.17, 15) is 34.3 Å². The second-order valence-corrected chi connectivity index (χ2v) is 10.6. The van der Waals surface area contributed by atoms with Gasteiger partial charge < -0.3 is 19.9 Å². The quantitative estimate of drug-likeness (QED) is 0.231. The van der Waals surface area contributed by atoms with Crippen LogP contribution in [0.3, 0.4) is 0 Å². The maximum absolute atomic E-state index is 14.0. The number of methoxy groups -OCH3 is 1. The van der Waals surface area contributed by atoms with Gasteiger partial charge in [-0.2, -0.15) is 0 Å². The van der Waals surface area contributed by atoms with Gasteiger partial charge in [0, 0.05) is 28.2 Å². The summed E-state index contributed by atoms with van der Waals surface area (Å²) >= 11 is 0. The number of Topliss-reactive ketones (excluding diaryl/α,β-unsaturated/α-hetero) is 1. The van der Waals surface area contributed by atoms with E-state index in [4.69, 9.17) is 4.74 Å². The molecular formula is C30H26BNO8. The minimum absolute atomic E-state index is 0.113. The Bertz CT molecular complexity index is 1600. The monoisotopic (exact) mass is 539 g/mol. The summed E-state index contributed by atoms with van der Waals surface area (Å²) < 4.78 is 5.31. The summed E-state index contributed by atoms with van der Waals surface area (Å²) in [5.74, 6) is -4.26. The molecule has 4 unspecified atom stereocenters. The zero-order valence-corrected chi connectivity index (χ0v) is 21.8. The van der Waals surface area contributed by atoms with E-state index in [-0.39, 0.29) is 52.6 Å². The van der Waals surface area contributed by atoms with E-state index in [1.807, 2.05) is 6.08 Å². The molecule has 9 nitrogen and oxygen atoms in total. The van der Waals surface area contributed by atoms with Gasteiger partial charge in [-0.1, -0.05) is 35.9 Å². The molecule has 3 N–H and O–H groups in total. The molecular weight excluding hydrogens is 513 g/mol. The van der Waals surface area contributed by atoms with E-state index in [1.165, 1.54) is 31.4 Å². The third-order valence-corrected chi connectivity index (χ3v) is 8.55. The molecule has 2 aromatic rings. The second kappa shape index (κ2) is 9.43. The molecule has 1 heterocycles. The Morgan fingerprint density at radius 2 is 1.75 bits per heavy atom. The van der Waals surface area contributed by atoms with Gasteiger partial charge in [0.1, 0.15) is 0 Å². The lowest BCUT2D eigenvalue weighted by molar-refractivity contribution is -0.123. The Balaban J connectivity index is 1.49. The van der Waals surface area contributed by atoms with Gasteiger partial charge in [-0.05, 0) is 55.4 Å².